The summed E-state index contributed by atoms with van der Waals surface area (Å²) in [5.74, 6) is 0. The number of benzene rings is 1. The molecule has 0 radical (unpaired) electrons. The average molecular weight is 314 g/mol. The van der Waals surface area contributed by atoms with Crippen LogP contribution >= 0.6 is 22.6 Å². The molecule has 0 N–H and O–H groups in total. The number of halogens is 1. The summed E-state index contributed by atoms with van der Waals surface area (Å²) in [7, 11) is 0. The third kappa shape index (κ3) is 4.78. The van der Waals surface area contributed by atoms with Crippen molar-refractivity contribution in [3.63, 3.8) is 0 Å². The van der Waals surface area contributed by atoms with Gasteiger partial charge in [0.1, 0.15) is 6.61 Å². The third-order valence-corrected chi connectivity index (χ3v) is 2.06. The molecular weight excluding hydrogens is 303 g/mol. The van der Waals surface area contributed by atoms with E-state index in [-0.39, 0.29) is 0 Å². The van der Waals surface area contributed by atoms with Crippen molar-refractivity contribution >= 4 is 28.9 Å². The van der Waals surface area contributed by atoms with Crippen LogP contribution in [0.2, 0.25) is 0 Å². The van der Waals surface area contributed by atoms with Gasteiger partial charge in [-0.25, -0.2) is 0 Å². The second-order valence-electron chi connectivity index (χ2n) is 2.82. The van der Waals surface area contributed by atoms with Gasteiger partial charge < -0.3 is 4.74 Å². The highest BCUT2D eigenvalue weighted by molar-refractivity contribution is 14.1. The van der Waals surface area contributed by atoms with Gasteiger partial charge in [-0.3, -0.25) is 4.79 Å². The molecule has 3 heteroatoms. The first kappa shape index (κ1) is 12.0. The van der Waals surface area contributed by atoms with E-state index in [1.54, 1.807) is 10.2 Å². The zero-order valence-electron chi connectivity index (χ0n) is 8.10. The quantitative estimate of drug-likeness (QED) is 0.274. The van der Waals surface area contributed by atoms with E-state index >= 15 is 0 Å². The molecule has 0 aromatic heterocycles. The van der Waals surface area contributed by atoms with Crippen LogP contribution in [0.4, 0.5) is 0 Å². The number of rotatable bonds is 5. The molecule has 0 atom stereocenters. The number of hydrogen-bond acceptors (Lipinski definition) is 2. The van der Waals surface area contributed by atoms with Gasteiger partial charge >= 0.3 is 0 Å². The Labute approximate surface area is 103 Å². The standard InChI is InChI=1S/C12H11IO2/c13-7-6-12(8-14)10-15-9-11-4-2-1-3-5-11/h1-8,10H,9H2. The number of ether oxygens (including phenoxy) is 1. The lowest BCUT2D eigenvalue weighted by Gasteiger charge is -2.00. The summed E-state index contributed by atoms with van der Waals surface area (Å²) < 4.78 is 7.05. The van der Waals surface area contributed by atoms with Crippen molar-refractivity contribution in [3.8, 4) is 0 Å². The van der Waals surface area contributed by atoms with Crippen LogP contribution in [0.5, 0.6) is 0 Å². The normalized spacial score (nSPS) is 11.7. The van der Waals surface area contributed by atoms with E-state index in [0.29, 0.717) is 12.2 Å². The van der Waals surface area contributed by atoms with Crippen molar-refractivity contribution in [2.75, 3.05) is 0 Å². The molecule has 0 aliphatic rings. The van der Waals surface area contributed by atoms with E-state index in [1.807, 2.05) is 30.3 Å². The van der Waals surface area contributed by atoms with E-state index in [0.717, 1.165) is 11.8 Å². The van der Waals surface area contributed by atoms with Gasteiger partial charge in [0.05, 0.1) is 6.26 Å². The molecule has 0 heterocycles. The number of carbonyl (C=O) groups is 1. The van der Waals surface area contributed by atoms with Gasteiger partial charge in [-0.1, -0.05) is 52.9 Å². The zero-order chi connectivity index (χ0) is 10.9. The van der Waals surface area contributed by atoms with Crippen molar-refractivity contribution in [2.45, 2.75) is 6.61 Å². The molecule has 0 spiro atoms. The molecule has 0 bridgehead atoms. The topological polar surface area (TPSA) is 26.3 Å². The molecule has 0 aliphatic carbocycles. The third-order valence-electron chi connectivity index (χ3n) is 1.70. The molecule has 1 rings (SSSR count). The van der Waals surface area contributed by atoms with Gasteiger partial charge in [0.2, 0.25) is 0 Å². The van der Waals surface area contributed by atoms with Crippen LogP contribution in [0.1, 0.15) is 5.56 Å². The SMILES string of the molecule is O=CC(C=CI)=COCc1ccccc1. The Morgan fingerprint density at radius 3 is 2.67 bits per heavy atom. The van der Waals surface area contributed by atoms with Crippen LogP contribution in [0.25, 0.3) is 0 Å². The monoisotopic (exact) mass is 314 g/mol. The van der Waals surface area contributed by atoms with Gasteiger partial charge in [0.25, 0.3) is 0 Å². The summed E-state index contributed by atoms with van der Waals surface area (Å²) in [6.07, 6.45) is 3.92. The Bertz CT molecular complexity index is 355. The van der Waals surface area contributed by atoms with Crippen LogP contribution in [-0.4, -0.2) is 6.29 Å². The number of aldehydes is 1. The minimum absolute atomic E-state index is 0.479. The first-order chi connectivity index (χ1) is 7.36. The Morgan fingerprint density at radius 1 is 1.33 bits per heavy atom. The van der Waals surface area contributed by atoms with E-state index in [4.69, 9.17) is 4.74 Å². The summed E-state index contributed by atoms with van der Waals surface area (Å²) in [6.45, 7) is 0.479. The van der Waals surface area contributed by atoms with Gasteiger partial charge in [-0.15, -0.1) is 0 Å². The van der Waals surface area contributed by atoms with Gasteiger partial charge in [0, 0.05) is 5.57 Å². The van der Waals surface area contributed by atoms with Gasteiger partial charge in [-0.2, -0.15) is 0 Å². The Hall–Kier alpha value is -1.10. The fraction of sp³-hybridized carbons (Fsp3) is 0.0833. The highest BCUT2D eigenvalue weighted by Gasteiger charge is 1.91. The largest absolute Gasteiger partial charge is 0.496 e. The first-order valence-electron chi connectivity index (χ1n) is 4.44. The fourth-order valence-electron chi connectivity index (χ4n) is 0.987. The van der Waals surface area contributed by atoms with Crippen LogP contribution in [0.3, 0.4) is 0 Å². The molecule has 0 fully saturated rings. The van der Waals surface area contributed by atoms with Crippen molar-refractivity contribution in [2.24, 2.45) is 0 Å². The minimum atomic E-state index is 0.479. The van der Waals surface area contributed by atoms with E-state index in [1.165, 1.54) is 6.26 Å². The van der Waals surface area contributed by atoms with Crippen LogP contribution < -0.4 is 0 Å². The lowest BCUT2D eigenvalue weighted by molar-refractivity contribution is -0.104. The summed E-state index contributed by atoms with van der Waals surface area (Å²) in [5.41, 5.74) is 1.61. The summed E-state index contributed by atoms with van der Waals surface area (Å²) in [5, 5.41) is 0. The predicted molar refractivity (Wildman–Crippen MR) is 68.5 cm³/mol. The van der Waals surface area contributed by atoms with E-state index < -0.39 is 0 Å². The van der Waals surface area contributed by atoms with Crippen molar-refractivity contribution in [1.29, 1.82) is 0 Å². The highest BCUT2D eigenvalue weighted by Crippen LogP contribution is 2.03. The molecule has 2 nitrogen and oxygen atoms in total. The summed E-state index contributed by atoms with van der Waals surface area (Å²) >= 11 is 2.05. The van der Waals surface area contributed by atoms with Gasteiger partial charge in [-0.05, 0) is 15.7 Å². The molecule has 78 valence electrons. The minimum Gasteiger partial charge on any atom is -0.496 e. The summed E-state index contributed by atoms with van der Waals surface area (Å²) in [4.78, 5) is 10.5. The number of carbonyl (C=O) groups excluding carboxylic acids is 1. The molecule has 15 heavy (non-hydrogen) atoms. The molecule has 1 aromatic carbocycles. The number of allylic oxidation sites excluding steroid dienone is 2. The molecule has 0 saturated heterocycles. The highest BCUT2D eigenvalue weighted by atomic mass is 127. The molecular formula is C12H11IO2. The number of hydrogen-bond donors (Lipinski definition) is 0. The van der Waals surface area contributed by atoms with Crippen LogP contribution in [-0.2, 0) is 16.1 Å². The maximum Gasteiger partial charge on any atom is 0.153 e. The molecule has 0 aliphatic heterocycles. The lowest BCUT2D eigenvalue weighted by atomic mass is 10.2. The van der Waals surface area contributed by atoms with E-state index in [2.05, 4.69) is 22.6 Å². The van der Waals surface area contributed by atoms with Crippen LogP contribution in [0.15, 0.2) is 52.3 Å². The van der Waals surface area contributed by atoms with Crippen molar-refractivity contribution in [1.82, 2.24) is 0 Å². The zero-order valence-corrected chi connectivity index (χ0v) is 10.3. The fourth-order valence-corrected chi connectivity index (χ4v) is 1.40. The van der Waals surface area contributed by atoms with Crippen LogP contribution in [0, 0.1) is 0 Å². The van der Waals surface area contributed by atoms with Crippen molar-refractivity contribution < 1.29 is 9.53 Å². The predicted octanol–water partition coefficient (Wildman–Crippen LogP) is 3.23. The Kier molecular flexibility index (Phi) is 5.77. The average Bonchev–Trinajstić information content (AvgIpc) is 2.29. The lowest BCUT2D eigenvalue weighted by Crippen LogP contribution is -1.88. The molecule has 0 amide bonds. The Morgan fingerprint density at radius 2 is 2.07 bits per heavy atom. The summed E-state index contributed by atoms with van der Waals surface area (Å²) in [6, 6.07) is 9.81. The second-order valence-corrected chi connectivity index (χ2v) is 3.54. The van der Waals surface area contributed by atoms with Crippen molar-refractivity contribution in [3.05, 3.63) is 57.9 Å². The molecule has 1 aromatic rings. The first-order valence-corrected chi connectivity index (χ1v) is 5.69. The smallest absolute Gasteiger partial charge is 0.153 e. The Balaban J connectivity index is 2.47. The molecule has 0 unspecified atom stereocenters. The maximum atomic E-state index is 10.5. The van der Waals surface area contributed by atoms with E-state index in [9.17, 15) is 4.79 Å². The maximum absolute atomic E-state index is 10.5. The van der Waals surface area contributed by atoms with Gasteiger partial charge in [0.15, 0.2) is 6.29 Å². The molecule has 0 saturated carbocycles. The second kappa shape index (κ2) is 7.23.